The number of aromatic nitrogens is 2. The van der Waals surface area contributed by atoms with E-state index < -0.39 is 0 Å². The van der Waals surface area contributed by atoms with Crippen LogP contribution in [-0.4, -0.2) is 26.8 Å². The molecule has 2 aliphatic heterocycles. The molecule has 0 unspecified atom stereocenters. The van der Waals surface area contributed by atoms with Crippen molar-refractivity contribution in [1.82, 2.24) is 10.2 Å². The molecule has 0 aliphatic carbocycles. The molecule has 0 fully saturated rings. The summed E-state index contributed by atoms with van der Waals surface area (Å²) in [6.07, 6.45) is 1.60. The summed E-state index contributed by atoms with van der Waals surface area (Å²) in [5.41, 5.74) is 1.76. The maximum atomic E-state index is 11.3. The van der Waals surface area contributed by atoms with E-state index in [-0.39, 0.29) is 5.56 Å². The Hall–Kier alpha value is -1.43. The topological polar surface area (TPSA) is 70.5 Å². The summed E-state index contributed by atoms with van der Waals surface area (Å²) in [5, 5.41) is 6.90. The summed E-state index contributed by atoms with van der Waals surface area (Å²) in [6.45, 7) is 0. The highest BCUT2D eigenvalue weighted by atomic mass is 32.2. The third-order valence-electron chi connectivity index (χ3n) is 1.92. The molecule has 5 nitrogen and oxygen atoms in total. The van der Waals surface area contributed by atoms with E-state index in [2.05, 4.69) is 20.2 Å². The molecule has 64 valence electrons. The molecule has 3 heterocycles. The molecule has 0 spiro atoms. The second-order valence-corrected chi connectivity index (χ2v) is 3.59. The van der Waals surface area contributed by atoms with E-state index in [4.69, 9.17) is 0 Å². The Bertz CT molecular complexity index is 501. The number of rotatable bonds is 0. The van der Waals surface area contributed by atoms with Crippen LogP contribution in [0.5, 0.6) is 0 Å². The molecule has 1 aromatic rings. The first-order chi connectivity index (χ1) is 6.36. The van der Waals surface area contributed by atoms with E-state index in [0.29, 0.717) is 11.6 Å². The predicted octanol–water partition coefficient (Wildman–Crippen LogP) is 0.307. The molecule has 0 aromatic carbocycles. The Morgan fingerprint density at radius 2 is 2.46 bits per heavy atom. The van der Waals surface area contributed by atoms with E-state index in [1.54, 1.807) is 18.0 Å². The molecule has 1 N–H and O–H groups in total. The van der Waals surface area contributed by atoms with E-state index in [9.17, 15) is 4.79 Å². The Balaban J connectivity index is 2.38. The van der Waals surface area contributed by atoms with Crippen molar-refractivity contribution in [3.63, 3.8) is 0 Å². The van der Waals surface area contributed by atoms with Crippen LogP contribution < -0.4 is 5.56 Å². The van der Waals surface area contributed by atoms with Gasteiger partial charge in [0.05, 0.1) is 17.6 Å². The van der Waals surface area contributed by atoms with Crippen molar-refractivity contribution < 1.29 is 0 Å². The third-order valence-corrected chi connectivity index (χ3v) is 2.74. The highest BCUT2D eigenvalue weighted by molar-refractivity contribution is 8.16. The lowest BCUT2D eigenvalue weighted by molar-refractivity contribution is 0.986. The van der Waals surface area contributed by atoms with Crippen LogP contribution in [-0.2, 0) is 0 Å². The predicted molar refractivity (Wildman–Crippen MR) is 50.9 cm³/mol. The van der Waals surface area contributed by atoms with Crippen molar-refractivity contribution in [2.45, 2.75) is 0 Å². The lowest BCUT2D eigenvalue weighted by Crippen LogP contribution is -2.09. The van der Waals surface area contributed by atoms with Crippen molar-refractivity contribution in [2.24, 2.45) is 9.98 Å². The summed E-state index contributed by atoms with van der Waals surface area (Å²) in [4.78, 5) is 19.7. The number of thioether (sulfide) groups is 1. The molecule has 6 heteroatoms. The van der Waals surface area contributed by atoms with E-state index in [1.807, 2.05) is 0 Å². The van der Waals surface area contributed by atoms with Gasteiger partial charge in [-0.3, -0.25) is 9.79 Å². The fraction of sp³-hybridized carbons (Fsp3) is 0.143. The van der Waals surface area contributed by atoms with E-state index in [1.165, 1.54) is 0 Å². The van der Waals surface area contributed by atoms with Gasteiger partial charge in [0.2, 0.25) is 0 Å². The largest absolute Gasteiger partial charge is 0.290 e. The summed E-state index contributed by atoms with van der Waals surface area (Å²) in [6, 6.07) is 0. The van der Waals surface area contributed by atoms with Gasteiger partial charge >= 0.3 is 0 Å². The average Bonchev–Trinajstić information content (AvgIpc) is 2.65. The van der Waals surface area contributed by atoms with Crippen molar-refractivity contribution in [1.29, 1.82) is 0 Å². The minimum atomic E-state index is -0.247. The van der Waals surface area contributed by atoms with Gasteiger partial charge in [0.15, 0.2) is 0 Å². The number of nitrogens with zero attached hydrogens (tertiary/aromatic N) is 3. The number of hydrogen-bond acceptors (Lipinski definition) is 5. The maximum Gasteiger partial charge on any atom is 0.290 e. The second kappa shape index (κ2) is 2.29. The summed E-state index contributed by atoms with van der Waals surface area (Å²) >= 11 is 1.54. The second-order valence-electron chi connectivity index (χ2n) is 2.66. The normalized spacial score (nSPS) is 17.8. The summed E-state index contributed by atoms with van der Waals surface area (Å²) in [5.74, 6) is 0.695. The molecule has 0 amide bonds. The van der Waals surface area contributed by atoms with Gasteiger partial charge in [-0.1, -0.05) is 11.8 Å². The lowest BCUT2D eigenvalue weighted by Gasteiger charge is -1.92. The van der Waals surface area contributed by atoms with Gasteiger partial charge in [-0.25, -0.2) is 10.1 Å². The summed E-state index contributed by atoms with van der Waals surface area (Å²) < 4.78 is 0. The average molecular weight is 192 g/mol. The quantitative estimate of drug-likeness (QED) is 0.643. The lowest BCUT2D eigenvalue weighted by atomic mass is 10.2. The maximum absolute atomic E-state index is 11.3. The SMILES string of the molecule is O=c1[nH]ncc2c1N=C1SCN=C12. The molecule has 0 saturated heterocycles. The van der Waals surface area contributed by atoms with Crippen LogP contribution in [0.15, 0.2) is 21.0 Å². The fourth-order valence-corrected chi connectivity index (χ4v) is 2.14. The van der Waals surface area contributed by atoms with Gasteiger partial charge in [-0.2, -0.15) is 5.10 Å². The monoisotopic (exact) mass is 192 g/mol. The third kappa shape index (κ3) is 0.831. The molecule has 0 bridgehead atoms. The smallest absolute Gasteiger partial charge is 0.271 e. The van der Waals surface area contributed by atoms with E-state index >= 15 is 0 Å². The van der Waals surface area contributed by atoms with Crippen LogP contribution in [0.25, 0.3) is 0 Å². The Labute approximate surface area is 77.0 Å². The van der Waals surface area contributed by atoms with Crippen LogP contribution in [0.2, 0.25) is 0 Å². The number of fused-ring (bicyclic) bond motifs is 3. The van der Waals surface area contributed by atoms with Gasteiger partial charge in [0, 0.05) is 0 Å². The minimum absolute atomic E-state index is 0.247. The number of H-pyrrole nitrogens is 1. The number of nitrogens with one attached hydrogen (secondary N) is 1. The van der Waals surface area contributed by atoms with Gasteiger partial charge < -0.3 is 0 Å². The zero-order valence-electron chi connectivity index (χ0n) is 6.44. The fourth-order valence-electron chi connectivity index (χ4n) is 1.36. The number of aromatic amines is 1. The molecule has 0 saturated carbocycles. The van der Waals surface area contributed by atoms with Crippen molar-refractivity contribution in [2.75, 3.05) is 5.88 Å². The number of hydrogen-bond donors (Lipinski definition) is 1. The highest BCUT2D eigenvalue weighted by Crippen LogP contribution is 2.30. The molecule has 1 aromatic heterocycles. The first kappa shape index (κ1) is 7.02. The van der Waals surface area contributed by atoms with Crippen LogP contribution in [0, 0.1) is 0 Å². The molecule has 13 heavy (non-hydrogen) atoms. The van der Waals surface area contributed by atoms with E-state index in [0.717, 1.165) is 16.3 Å². The van der Waals surface area contributed by atoms with Gasteiger partial charge in [0.1, 0.15) is 16.4 Å². The first-order valence-electron chi connectivity index (χ1n) is 3.70. The Kier molecular flexibility index (Phi) is 1.24. The molecule has 2 aliphatic rings. The van der Waals surface area contributed by atoms with Gasteiger partial charge in [0.25, 0.3) is 5.56 Å². The molecule has 3 rings (SSSR count). The summed E-state index contributed by atoms with van der Waals surface area (Å²) in [7, 11) is 0. The first-order valence-corrected chi connectivity index (χ1v) is 4.69. The van der Waals surface area contributed by atoms with Crippen molar-refractivity contribution in [3.05, 3.63) is 22.1 Å². The Morgan fingerprint density at radius 3 is 3.38 bits per heavy atom. The molecule has 0 atom stereocenters. The molecular formula is C7H4N4OS. The standard InChI is InChI=1S/C7H4N4OS/c12-6-4-3(1-9-11-6)5-7(10-4)13-2-8-5/h1H,2H2,(H,11,12). The van der Waals surface area contributed by atoms with Crippen LogP contribution in [0.3, 0.4) is 0 Å². The van der Waals surface area contributed by atoms with Crippen molar-refractivity contribution >= 4 is 28.2 Å². The van der Waals surface area contributed by atoms with Gasteiger partial charge in [-0.15, -0.1) is 0 Å². The molecular weight excluding hydrogens is 188 g/mol. The molecule has 0 radical (unpaired) electrons. The highest BCUT2D eigenvalue weighted by Gasteiger charge is 2.28. The van der Waals surface area contributed by atoms with Crippen LogP contribution in [0.4, 0.5) is 5.69 Å². The Morgan fingerprint density at radius 1 is 1.54 bits per heavy atom. The zero-order chi connectivity index (χ0) is 8.84. The van der Waals surface area contributed by atoms with Crippen LogP contribution in [0.1, 0.15) is 5.56 Å². The zero-order valence-corrected chi connectivity index (χ0v) is 7.26. The van der Waals surface area contributed by atoms with Gasteiger partial charge in [-0.05, 0) is 0 Å². The van der Waals surface area contributed by atoms with Crippen LogP contribution >= 0.6 is 11.8 Å². The minimum Gasteiger partial charge on any atom is -0.271 e. The van der Waals surface area contributed by atoms with Crippen molar-refractivity contribution in [3.8, 4) is 0 Å². The number of aliphatic imine (C=N–C) groups is 2.